The predicted octanol–water partition coefficient (Wildman–Crippen LogP) is 5.25. The first-order valence-corrected chi connectivity index (χ1v) is 9.73. The highest BCUT2D eigenvalue weighted by Gasteiger charge is 2.25. The molecule has 0 aliphatic rings. The number of thiophene rings is 2. The van der Waals surface area contributed by atoms with Gasteiger partial charge in [-0.2, -0.15) is 0 Å². The number of halogens is 2. The van der Waals surface area contributed by atoms with Crippen molar-refractivity contribution in [2.45, 2.75) is 32.0 Å². The molecule has 110 valence electrons. The van der Waals surface area contributed by atoms with Crippen LogP contribution in [0.25, 0.3) is 0 Å². The van der Waals surface area contributed by atoms with Crippen LogP contribution < -0.4 is 5.73 Å². The topological polar surface area (TPSA) is 29.3 Å². The Hall–Kier alpha value is 0.280. The molecule has 0 amide bonds. The van der Waals surface area contributed by atoms with Gasteiger partial charge in [0.1, 0.15) is 0 Å². The van der Waals surface area contributed by atoms with Gasteiger partial charge in [-0.1, -0.05) is 6.92 Å². The predicted molar refractivity (Wildman–Crippen MR) is 96.5 cm³/mol. The Bertz CT molecular complexity index is 553. The standard InChI is InChI=1S/C14H18Br2N2S2/c1-3-11(17)14(12-4-5-13(16)20-12)18(2)7-10-6-9(15)8-19-10/h4-6,8,11,14H,3,7,17H2,1-2H3. The average molecular weight is 438 g/mol. The third-order valence-electron chi connectivity index (χ3n) is 3.26. The molecule has 2 N–H and O–H groups in total. The Morgan fingerprint density at radius 2 is 2.10 bits per heavy atom. The molecule has 2 nitrogen and oxygen atoms in total. The summed E-state index contributed by atoms with van der Waals surface area (Å²) >= 11 is 10.6. The van der Waals surface area contributed by atoms with Crippen LogP contribution in [-0.4, -0.2) is 18.0 Å². The van der Waals surface area contributed by atoms with Gasteiger partial charge in [0.2, 0.25) is 0 Å². The highest BCUT2D eigenvalue weighted by Crippen LogP contribution is 2.34. The normalized spacial score (nSPS) is 14.7. The summed E-state index contributed by atoms with van der Waals surface area (Å²) in [5.74, 6) is 0. The summed E-state index contributed by atoms with van der Waals surface area (Å²) < 4.78 is 2.31. The zero-order valence-electron chi connectivity index (χ0n) is 11.5. The molecule has 0 aliphatic carbocycles. The fourth-order valence-corrected chi connectivity index (χ4v) is 5.43. The largest absolute Gasteiger partial charge is 0.326 e. The van der Waals surface area contributed by atoms with Crippen LogP contribution in [0, 0.1) is 0 Å². The maximum atomic E-state index is 6.36. The zero-order valence-corrected chi connectivity index (χ0v) is 16.3. The summed E-state index contributed by atoms with van der Waals surface area (Å²) in [6, 6.07) is 6.87. The van der Waals surface area contributed by atoms with Crippen molar-refractivity contribution >= 4 is 54.5 Å². The van der Waals surface area contributed by atoms with Crippen molar-refractivity contribution < 1.29 is 0 Å². The van der Waals surface area contributed by atoms with Gasteiger partial charge in [0.15, 0.2) is 0 Å². The first kappa shape index (κ1) is 16.6. The quantitative estimate of drug-likeness (QED) is 0.668. The van der Waals surface area contributed by atoms with E-state index in [4.69, 9.17) is 5.73 Å². The van der Waals surface area contributed by atoms with Crippen LogP contribution >= 0.6 is 54.5 Å². The third kappa shape index (κ3) is 4.15. The van der Waals surface area contributed by atoms with Crippen molar-refractivity contribution in [2.24, 2.45) is 5.73 Å². The zero-order chi connectivity index (χ0) is 14.7. The van der Waals surface area contributed by atoms with Crippen molar-refractivity contribution in [1.29, 1.82) is 0 Å². The molecule has 2 atom stereocenters. The lowest BCUT2D eigenvalue weighted by Crippen LogP contribution is -2.37. The number of hydrogen-bond donors (Lipinski definition) is 1. The van der Waals surface area contributed by atoms with Crippen molar-refractivity contribution in [2.75, 3.05) is 7.05 Å². The lowest BCUT2D eigenvalue weighted by molar-refractivity contribution is 0.206. The minimum atomic E-state index is 0.147. The van der Waals surface area contributed by atoms with E-state index < -0.39 is 0 Å². The van der Waals surface area contributed by atoms with E-state index in [1.807, 2.05) is 0 Å². The summed E-state index contributed by atoms with van der Waals surface area (Å²) in [5, 5.41) is 2.12. The van der Waals surface area contributed by atoms with E-state index in [0.29, 0.717) is 0 Å². The second-order valence-electron chi connectivity index (χ2n) is 4.81. The smallest absolute Gasteiger partial charge is 0.0702 e. The highest BCUT2D eigenvalue weighted by molar-refractivity contribution is 9.11. The molecule has 0 bridgehead atoms. The summed E-state index contributed by atoms with van der Waals surface area (Å²) in [7, 11) is 2.15. The van der Waals surface area contributed by atoms with Crippen LogP contribution in [0.1, 0.15) is 29.1 Å². The maximum Gasteiger partial charge on any atom is 0.0702 e. The van der Waals surface area contributed by atoms with Gasteiger partial charge >= 0.3 is 0 Å². The molecular formula is C14H18Br2N2S2. The second-order valence-corrected chi connectivity index (χ2v) is 9.21. The first-order valence-electron chi connectivity index (χ1n) is 6.45. The van der Waals surface area contributed by atoms with E-state index in [2.05, 4.69) is 74.3 Å². The minimum absolute atomic E-state index is 0.147. The van der Waals surface area contributed by atoms with Gasteiger partial charge in [-0.15, -0.1) is 22.7 Å². The average Bonchev–Trinajstić information content (AvgIpc) is 2.99. The summed E-state index contributed by atoms with van der Waals surface area (Å²) in [4.78, 5) is 5.03. The molecule has 2 aromatic rings. The number of nitrogens with two attached hydrogens (primary N) is 1. The molecule has 0 fully saturated rings. The maximum absolute atomic E-state index is 6.36. The van der Waals surface area contributed by atoms with Crippen LogP contribution in [-0.2, 0) is 6.54 Å². The van der Waals surface area contributed by atoms with Crippen molar-refractivity contribution in [1.82, 2.24) is 4.90 Å². The molecule has 0 aromatic carbocycles. The Kier molecular flexibility index (Phi) is 6.25. The van der Waals surface area contributed by atoms with E-state index in [1.165, 1.54) is 9.75 Å². The van der Waals surface area contributed by atoms with Gasteiger partial charge in [-0.05, 0) is 63.5 Å². The van der Waals surface area contributed by atoms with E-state index in [9.17, 15) is 0 Å². The Balaban J connectivity index is 2.17. The molecule has 0 saturated carbocycles. The Labute approximate surface area is 145 Å². The van der Waals surface area contributed by atoms with E-state index in [1.54, 1.807) is 22.7 Å². The van der Waals surface area contributed by atoms with Crippen molar-refractivity contribution in [3.05, 3.63) is 41.6 Å². The fourth-order valence-electron chi connectivity index (χ4n) is 2.25. The highest BCUT2D eigenvalue weighted by atomic mass is 79.9. The lowest BCUT2D eigenvalue weighted by atomic mass is 10.0. The molecule has 0 radical (unpaired) electrons. The van der Waals surface area contributed by atoms with Crippen LogP contribution in [0.5, 0.6) is 0 Å². The molecule has 20 heavy (non-hydrogen) atoms. The molecule has 0 spiro atoms. The Morgan fingerprint density at radius 3 is 2.60 bits per heavy atom. The summed E-state index contributed by atoms with van der Waals surface area (Å²) in [6.45, 7) is 3.07. The van der Waals surface area contributed by atoms with E-state index >= 15 is 0 Å². The molecule has 2 unspecified atom stereocenters. The van der Waals surface area contributed by atoms with Gasteiger partial charge in [0.25, 0.3) is 0 Å². The minimum Gasteiger partial charge on any atom is -0.326 e. The lowest BCUT2D eigenvalue weighted by Gasteiger charge is -2.31. The monoisotopic (exact) mass is 436 g/mol. The number of nitrogens with zero attached hydrogens (tertiary/aromatic N) is 1. The molecular weight excluding hydrogens is 420 g/mol. The molecule has 6 heteroatoms. The summed E-state index contributed by atoms with van der Waals surface area (Å²) in [6.07, 6.45) is 0.971. The van der Waals surface area contributed by atoms with Crippen LogP contribution in [0.4, 0.5) is 0 Å². The SMILES string of the molecule is CCC(N)C(c1ccc(Br)s1)N(C)Cc1cc(Br)cs1. The van der Waals surface area contributed by atoms with E-state index in [-0.39, 0.29) is 12.1 Å². The Morgan fingerprint density at radius 1 is 1.35 bits per heavy atom. The fraction of sp³-hybridized carbons (Fsp3) is 0.429. The van der Waals surface area contributed by atoms with Crippen LogP contribution in [0.15, 0.2) is 31.8 Å². The molecule has 2 aromatic heterocycles. The second kappa shape index (κ2) is 7.51. The van der Waals surface area contributed by atoms with Crippen LogP contribution in [0.2, 0.25) is 0 Å². The van der Waals surface area contributed by atoms with Gasteiger partial charge in [0.05, 0.1) is 9.83 Å². The van der Waals surface area contributed by atoms with Gasteiger partial charge in [0, 0.05) is 32.2 Å². The molecule has 0 aliphatic heterocycles. The van der Waals surface area contributed by atoms with Crippen LogP contribution in [0.3, 0.4) is 0 Å². The summed E-state index contributed by atoms with van der Waals surface area (Å²) in [5.41, 5.74) is 6.36. The molecule has 2 rings (SSSR count). The number of hydrogen-bond acceptors (Lipinski definition) is 4. The third-order valence-corrected chi connectivity index (χ3v) is 6.64. The van der Waals surface area contributed by atoms with Gasteiger partial charge < -0.3 is 5.73 Å². The van der Waals surface area contributed by atoms with Gasteiger partial charge in [-0.25, -0.2) is 0 Å². The molecule has 0 saturated heterocycles. The van der Waals surface area contributed by atoms with Gasteiger partial charge in [-0.3, -0.25) is 4.90 Å². The van der Waals surface area contributed by atoms with E-state index in [0.717, 1.165) is 21.2 Å². The number of rotatable bonds is 6. The first-order chi connectivity index (χ1) is 9.51. The van der Waals surface area contributed by atoms with Crippen molar-refractivity contribution in [3.63, 3.8) is 0 Å². The number of likely N-dealkylation sites (N-methyl/N-ethyl adjacent to an activating group) is 1. The molecule has 2 heterocycles. The van der Waals surface area contributed by atoms with Crippen molar-refractivity contribution in [3.8, 4) is 0 Å².